The minimum Gasteiger partial charge on any atom is -0.507 e. The highest BCUT2D eigenvalue weighted by molar-refractivity contribution is 7.60. The van der Waals surface area contributed by atoms with Gasteiger partial charge in [-0.3, -0.25) is 4.57 Å². The first-order valence-corrected chi connectivity index (χ1v) is 6.68. The van der Waals surface area contributed by atoms with Crippen LogP contribution in [-0.4, -0.2) is 20.0 Å². The summed E-state index contributed by atoms with van der Waals surface area (Å²) in [5.74, 6) is -0.751. The van der Waals surface area contributed by atoms with E-state index in [9.17, 15) is 14.8 Å². The largest absolute Gasteiger partial charge is 0.507 e. The molecule has 0 aliphatic heterocycles. The van der Waals surface area contributed by atoms with Gasteiger partial charge in [-0.25, -0.2) is 0 Å². The van der Waals surface area contributed by atoms with Crippen LogP contribution in [0.1, 0.15) is 0 Å². The van der Waals surface area contributed by atoms with Gasteiger partial charge in [-0.15, -0.1) is 0 Å². The summed E-state index contributed by atoms with van der Waals surface area (Å²) in [4.78, 5) is 18.0. The van der Waals surface area contributed by atoms with Gasteiger partial charge in [0.2, 0.25) is 0 Å². The Kier molecular flexibility index (Phi) is 3.13. The lowest BCUT2D eigenvalue weighted by molar-refractivity contribution is 0.386. The van der Waals surface area contributed by atoms with Crippen molar-refractivity contribution in [1.29, 1.82) is 0 Å². The van der Waals surface area contributed by atoms with E-state index in [4.69, 9.17) is 9.79 Å². The van der Waals surface area contributed by atoms with Gasteiger partial charge in [0.1, 0.15) is 11.5 Å². The van der Waals surface area contributed by atoms with E-state index in [0.717, 1.165) is 12.1 Å². The number of hydrogen-bond acceptors (Lipinski definition) is 3. The minimum absolute atomic E-state index is 0.146. The monoisotopic (exact) mass is 266 g/mol. The van der Waals surface area contributed by atoms with Crippen LogP contribution >= 0.6 is 7.60 Å². The molecule has 2 aromatic carbocycles. The van der Waals surface area contributed by atoms with Gasteiger partial charge in [0.25, 0.3) is 0 Å². The van der Waals surface area contributed by atoms with Gasteiger partial charge in [-0.1, -0.05) is 30.3 Å². The van der Waals surface area contributed by atoms with E-state index in [-0.39, 0.29) is 17.1 Å². The summed E-state index contributed by atoms with van der Waals surface area (Å²) in [6.07, 6.45) is 0. The molecule has 2 rings (SSSR count). The zero-order chi connectivity index (χ0) is 13.3. The first kappa shape index (κ1) is 12.6. The highest BCUT2D eigenvalue weighted by atomic mass is 31.2. The summed E-state index contributed by atoms with van der Waals surface area (Å²) in [5.41, 5.74) is 0.706. The Labute approximate surface area is 103 Å². The number of hydrogen-bond donors (Lipinski definition) is 4. The second-order valence-corrected chi connectivity index (χ2v) is 5.37. The molecule has 0 saturated heterocycles. The van der Waals surface area contributed by atoms with Gasteiger partial charge in [0.15, 0.2) is 0 Å². The van der Waals surface area contributed by atoms with E-state index in [1.165, 1.54) is 0 Å². The fourth-order valence-corrected chi connectivity index (χ4v) is 2.25. The van der Waals surface area contributed by atoms with Crippen molar-refractivity contribution in [3.05, 3.63) is 42.5 Å². The molecule has 0 aromatic heterocycles. The zero-order valence-corrected chi connectivity index (χ0v) is 10.1. The molecule has 0 radical (unpaired) electrons. The Morgan fingerprint density at radius 2 is 1.39 bits per heavy atom. The van der Waals surface area contributed by atoms with Crippen LogP contribution in [0.3, 0.4) is 0 Å². The number of aromatic hydroxyl groups is 2. The molecule has 0 spiro atoms. The quantitative estimate of drug-likeness (QED) is 0.618. The Bertz CT molecular complexity index is 595. The summed E-state index contributed by atoms with van der Waals surface area (Å²) in [5, 5.41) is 19.2. The van der Waals surface area contributed by atoms with E-state index in [1.807, 2.05) is 0 Å². The van der Waals surface area contributed by atoms with Gasteiger partial charge < -0.3 is 20.0 Å². The van der Waals surface area contributed by atoms with Gasteiger partial charge in [-0.2, -0.15) is 0 Å². The molecule has 0 unspecified atom stereocenters. The number of phenols is 2. The number of rotatable bonds is 2. The molecule has 0 atom stereocenters. The van der Waals surface area contributed by atoms with Crippen LogP contribution < -0.4 is 5.30 Å². The van der Waals surface area contributed by atoms with Crippen molar-refractivity contribution in [2.24, 2.45) is 0 Å². The summed E-state index contributed by atoms with van der Waals surface area (Å²) in [6.45, 7) is 0. The molecule has 0 aliphatic rings. The Balaban J connectivity index is 2.63. The number of phenolic OH excluding ortho intramolecular Hbond substituents is 2. The lowest BCUT2D eigenvalue weighted by Gasteiger charge is -2.11. The average Bonchev–Trinajstić information content (AvgIpc) is 2.28. The molecular formula is C12H11O5P. The number of benzene rings is 2. The molecule has 2 aromatic rings. The second kappa shape index (κ2) is 4.46. The van der Waals surface area contributed by atoms with Crippen molar-refractivity contribution in [3.8, 4) is 22.6 Å². The van der Waals surface area contributed by atoms with Crippen LogP contribution in [0.4, 0.5) is 0 Å². The van der Waals surface area contributed by atoms with E-state index in [1.54, 1.807) is 30.3 Å². The fraction of sp³-hybridized carbons (Fsp3) is 0. The molecule has 0 heterocycles. The van der Waals surface area contributed by atoms with E-state index in [2.05, 4.69) is 0 Å². The average molecular weight is 266 g/mol. The highest BCUT2D eigenvalue weighted by Gasteiger charge is 2.21. The predicted molar refractivity (Wildman–Crippen MR) is 66.9 cm³/mol. The molecule has 0 bridgehead atoms. The van der Waals surface area contributed by atoms with Gasteiger partial charge in [0, 0.05) is 0 Å². The first-order chi connectivity index (χ1) is 8.39. The van der Waals surface area contributed by atoms with Crippen molar-refractivity contribution >= 4 is 12.9 Å². The Hall–Kier alpha value is -1.81. The SMILES string of the molecule is O=P(O)(O)c1cc(O)c(-c2ccccc2)c(O)c1. The van der Waals surface area contributed by atoms with Crippen molar-refractivity contribution in [1.82, 2.24) is 0 Å². The molecule has 6 heteroatoms. The molecular weight excluding hydrogens is 255 g/mol. The summed E-state index contributed by atoms with van der Waals surface area (Å²) < 4.78 is 11.1. The van der Waals surface area contributed by atoms with Gasteiger partial charge >= 0.3 is 7.60 Å². The Morgan fingerprint density at radius 1 is 0.889 bits per heavy atom. The second-order valence-electron chi connectivity index (χ2n) is 3.77. The van der Waals surface area contributed by atoms with Gasteiger partial charge in [0.05, 0.1) is 10.9 Å². The summed E-state index contributed by atoms with van der Waals surface area (Å²) in [6, 6.07) is 10.5. The third kappa shape index (κ3) is 2.38. The predicted octanol–water partition coefficient (Wildman–Crippen LogP) is 1.57. The van der Waals surface area contributed by atoms with Crippen LogP contribution in [0.25, 0.3) is 11.1 Å². The van der Waals surface area contributed by atoms with E-state index < -0.39 is 12.9 Å². The maximum atomic E-state index is 11.1. The lowest BCUT2D eigenvalue weighted by atomic mass is 10.0. The fourth-order valence-electron chi connectivity index (χ4n) is 1.67. The Morgan fingerprint density at radius 3 is 1.83 bits per heavy atom. The van der Waals surface area contributed by atoms with Crippen LogP contribution in [0.5, 0.6) is 11.5 Å². The molecule has 5 nitrogen and oxygen atoms in total. The molecule has 94 valence electrons. The van der Waals surface area contributed by atoms with E-state index >= 15 is 0 Å². The standard InChI is InChI=1S/C12H11O5P/c13-10-6-9(18(15,16)17)7-11(14)12(10)8-4-2-1-3-5-8/h1-7,13-14H,(H2,15,16,17). The van der Waals surface area contributed by atoms with Crippen molar-refractivity contribution < 1.29 is 24.6 Å². The summed E-state index contributed by atoms with van der Waals surface area (Å²) in [7, 11) is -4.50. The normalized spacial score (nSPS) is 11.4. The molecule has 18 heavy (non-hydrogen) atoms. The maximum Gasteiger partial charge on any atom is 0.356 e. The summed E-state index contributed by atoms with van der Waals surface area (Å²) >= 11 is 0. The van der Waals surface area contributed by atoms with Crippen LogP contribution in [-0.2, 0) is 4.57 Å². The van der Waals surface area contributed by atoms with Crippen LogP contribution in [0.2, 0.25) is 0 Å². The first-order valence-electron chi connectivity index (χ1n) is 5.07. The van der Waals surface area contributed by atoms with Crippen molar-refractivity contribution in [2.45, 2.75) is 0 Å². The highest BCUT2D eigenvalue weighted by Crippen LogP contribution is 2.41. The van der Waals surface area contributed by atoms with Crippen LogP contribution in [0.15, 0.2) is 42.5 Å². The topological polar surface area (TPSA) is 98.0 Å². The molecule has 0 saturated carbocycles. The smallest absolute Gasteiger partial charge is 0.356 e. The van der Waals surface area contributed by atoms with Crippen LogP contribution in [0, 0.1) is 0 Å². The minimum atomic E-state index is -4.50. The zero-order valence-electron chi connectivity index (χ0n) is 9.19. The third-order valence-electron chi connectivity index (χ3n) is 2.48. The molecule has 0 amide bonds. The van der Waals surface area contributed by atoms with Gasteiger partial charge in [-0.05, 0) is 17.7 Å². The lowest BCUT2D eigenvalue weighted by Crippen LogP contribution is -2.03. The third-order valence-corrected chi connectivity index (χ3v) is 3.41. The molecule has 0 fully saturated rings. The van der Waals surface area contributed by atoms with Crippen molar-refractivity contribution in [3.63, 3.8) is 0 Å². The maximum absolute atomic E-state index is 11.1. The van der Waals surface area contributed by atoms with Crippen molar-refractivity contribution in [2.75, 3.05) is 0 Å². The van der Waals surface area contributed by atoms with E-state index in [0.29, 0.717) is 5.56 Å². The molecule has 4 N–H and O–H groups in total. The molecule has 0 aliphatic carbocycles.